The molecule has 1 N–H and O–H groups in total. The van der Waals surface area contributed by atoms with Crippen LogP contribution in [0.15, 0.2) is 0 Å². The van der Waals surface area contributed by atoms with Crippen LogP contribution in [0.4, 0.5) is 0 Å². The number of unbranched alkanes of at least 4 members (excludes halogenated alkanes) is 8. The van der Waals surface area contributed by atoms with Crippen molar-refractivity contribution in [3.8, 4) is 0 Å². The minimum atomic E-state index is -2.38. The summed E-state index contributed by atoms with van der Waals surface area (Å²) in [5.41, 5.74) is 0. The topological polar surface area (TPSA) is 147 Å². The van der Waals surface area contributed by atoms with Crippen LogP contribution in [0, 0.1) is 0 Å². The Bertz CT molecular complexity index is 830. The van der Waals surface area contributed by atoms with E-state index in [-0.39, 0.29) is 52.5 Å². The molecule has 0 fully saturated rings. The summed E-state index contributed by atoms with van der Waals surface area (Å²) in [7, 11) is 0. The lowest BCUT2D eigenvalue weighted by Crippen LogP contribution is -2.69. The number of esters is 1. The average molecular weight is 725 g/mol. The number of rotatable bonds is 36. The molecule has 13 heteroatoms. The van der Waals surface area contributed by atoms with Crippen molar-refractivity contribution in [1.29, 1.82) is 0 Å². The summed E-state index contributed by atoms with van der Waals surface area (Å²) in [5.74, 6) is -7.58. The molecule has 0 aliphatic rings. The monoisotopic (exact) mass is 724 g/mol. The van der Waals surface area contributed by atoms with Gasteiger partial charge in [-0.15, -0.1) is 0 Å². The standard InChI is InChI=1S/C37H72O13/c1-10-18-25-29-42-34(41-12-3)35(43-13-4,44-14-5)31(9)49-37(47-17-8,36(45-15-6,46-16-7)48-30-26-19-11-2)50-33(40)28-24-22-20-21-23-27-32(38)39/h31,34H,10-30H2,1-9H3,(H,38,39). The van der Waals surface area contributed by atoms with Gasteiger partial charge in [-0.1, -0.05) is 58.8 Å². The number of carbonyl (C=O) groups excluding carboxylic acids is 1. The predicted octanol–water partition coefficient (Wildman–Crippen LogP) is 7.71. The molecule has 3 atom stereocenters. The molecule has 13 nitrogen and oxygen atoms in total. The lowest BCUT2D eigenvalue weighted by molar-refractivity contribution is -0.564. The van der Waals surface area contributed by atoms with Crippen molar-refractivity contribution in [2.75, 3.05) is 52.9 Å². The Morgan fingerprint density at radius 1 is 0.540 bits per heavy atom. The number of hydrogen-bond donors (Lipinski definition) is 1. The number of carboxylic acid groups (broad SMARTS) is 1. The molecular weight excluding hydrogens is 652 g/mol. The van der Waals surface area contributed by atoms with Crippen LogP contribution in [-0.4, -0.2) is 100 Å². The Kier molecular flexibility index (Phi) is 28.3. The van der Waals surface area contributed by atoms with Crippen LogP contribution in [0.25, 0.3) is 0 Å². The van der Waals surface area contributed by atoms with E-state index in [0.717, 1.165) is 44.9 Å². The van der Waals surface area contributed by atoms with Crippen LogP contribution < -0.4 is 0 Å². The van der Waals surface area contributed by atoms with E-state index >= 15 is 0 Å². The predicted molar refractivity (Wildman–Crippen MR) is 189 cm³/mol. The summed E-state index contributed by atoms with van der Waals surface area (Å²) in [4.78, 5) is 24.6. The smallest absolute Gasteiger partial charge is 0.417 e. The van der Waals surface area contributed by atoms with E-state index in [1.54, 1.807) is 27.7 Å². The van der Waals surface area contributed by atoms with Crippen LogP contribution in [0.1, 0.15) is 146 Å². The third kappa shape index (κ3) is 16.9. The van der Waals surface area contributed by atoms with Crippen molar-refractivity contribution in [3.05, 3.63) is 0 Å². The van der Waals surface area contributed by atoms with Crippen LogP contribution in [0.2, 0.25) is 0 Å². The van der Waals surface area contributed by atoms with Crippen LogP contribution >= 0.6 is 0 Å². The van der Waals surface area contributed by atoms with Crippen LogP contribution in [-0.2, 0) is 57.0 Å². The summed E-state index contributed by atoms with van der Waals surface area (Å²) in [6.07, 6.45) is 6.78. The Hall–Kier alpha value is -1.42. The lowest BCUT2D eigenvalue weighted by atomic mass is 10.1. The summed E-state index contributed by atoms with van der Waals surface area (Å²) >= 11 is 0. The van der Waals surface area contributed by atoms with Crippen molar-refractivity contribution in [2.45, 2.75) is 176 Å². The first-order chi connectivity index (χ1) is 24.1. The van der Waals surface area contributed by atoms with E-state index < -0.39 is 42.1 Å². The molecule has 0 aromatic carbocycles. The Morgan fingerprint density at radius 2 is 1.04 bits per heavy atom. The van der Waals surface area contributed by atoms with Crippen molar-refractivity contribution >= 4 is 11.9 Å². The summed E-state index contributed by atoms with van der Waals surface area (Å²) in [6.45, 7) is 18.3. The molecule has 0 saturated heterocycles. The fourth-order valence-electron chi connectivity index (χ4n) is 5.45. The highest BCUT2D eigenvalue weighted by Gasteiger charge is 2.66. The van der Waals surface area contributed by atoms with E-state index in [1.807, 2.05) is 20.8 Å². The first kappa shape index (κ1) is 48.6. The van der Waals surface area contributed by atoms with Gasteiger partial charge in [0, 0.05) is 52.5 Å². The van der Waals surface area contributed by atoms with Crippen molar-refractivity contribution in [2.24, 2.45) is 0 Å². The molecule has 0 saturated carbocycles. The Morgan fingerprint density at radius 3 is 1.54 bits per heavy atom. The van der Waals surface area contributed by atoms with Gasteiger partial charge < -0.3 is 52.5 Å². The second-order valence-electron chi connectivity index (χ2n) is 11.8. The zero-order valence-electron chi connectivity index (χ0n) is 32.9. The normalized spacial score (nSPS) is 14.7. The van der Waals surface area contributed by atoms with Gasteiger partial charge in [0.15, 0.2) is 0 Å². The molecule has 0 aliphatic heterocycles. The fourth-order valence-corrected chi connectivity index (χ4v) is 5.45. The quantitative estimate of drug-likeness (QED) is 0.0383. The van der Waals surface area contributed by atoms with Gasteiger partial charge in [-0.05, 0) is 74.1 Å². The SMILES string of the molecule is CCCCCOC(OCC)C(OCC)(OCC)C(C)OC(OCC)(OC(=O)CCCCCCCC(=O)O)C(OCC)(OCC)OCCCCC. The Balaban J connectivity index is 6.96. The minimum absolute atomic E-state index is 0.0302. The largest absolute Gasteiger partial charge is 0.481 e. The highest BCUT2D eigenvalue weighted by molar-refractivity contribution is 5.69. The molecule has 0 aliphatic carbocycles. The molecule has 0 heterocycles. The number of ether oxygens (including phenoxy) is 10. The average Bonchev–Trinajstić information content (AvgIpc) is 3.07. The van der Waals surface area contributed by atoms with E-state index in [1.165, 1.54) is 0 Å². The third-order valence-corrected chi connectivity index (χ3v) is 7.74. The molecule has 0 amide bonds. The lowest BCUT2D eigenvalue weighted by Gasteiger charge is -2.49. The van der Waals surface area contributed by atoms with Gasteiger partial charge in [0.05, 0.1) is 13.2 Å². The van der Waals surface area contributed by atoms with E-state index in [0.29, 0.717) is 38.9 Å². The highest BCUT2D eigenvalue weighted by atomic mass is 17.0. The highest BCUT2D eigenvalue weighted by Crippen LogP contribution is 2.41. The van der Waals surface area contributed by atoms with Gasteiger partial charge in [-0.25, -0.2) is 0 Å². The minimum Gasteiger partial charge on any atom is -0.481 e. The molecule has 0 radical (unpaired) electrons. The number of carboxylic acids is 1. The number of carbonyl (C=O) groups is 2. The molecule has 298 valence electrons. The maximum atomic E-state index is 13.7. The van der Waals surface area contributed by atoms with Crippen LogP contribution in [0.5, 0.6) is 0 Å². The zero-order valence-corrected chi connectivity index (χ0v) is 32.9. The summed E-state index contributed by atoms with van der Waals surface area (Å²) < 4.78 is 63.2. The fraction of sp³-hybridized carbons (Fsp3) is 0.946. The van der Waals surface area contributed by atoms with Gasteiger partial charge in [0.25, 0.3) is 0 Å². The van der Waals surface area contributed by atoms with Gasteiger partial charge in [-0.3, -0.25) is 9.59 Å². The van der Waals surface area contributed by atoms with Gasteiger partial charge in [-0.2, -0.15) is 0 Å². The van der Waals surface area contributed by atoms with Gasteiger partial charge >= 0.3 is 23.9 Å². The summed E-state index contributed by atoms with van der Waals surface area (Å²) in [6, 6.07) is 0. The molecule has 0 aromatic heterocycles. The van der Waals surface area contributed by atoms with Gasteiger partial charge in [0.1, 0.15) is 6.10 Å². The maximum absolute atomic E-state index is 13.7. The molecule has 0 spiro atoms. The number of aliphatic carboxylic acids is 1. The van der Waals surface area contributed by atoms with Crippen molar-refractivity contribution < 1.29 is 62.1 Å². The van der Waals surface area contributed by atoms with E-state index in [4.69, 9.17) is 52.5 Å². The maximum Gasteiger partial charge on any atom is 0.417 e. The molecule has 0 bridgehead atoms. The second-order valence-corrected chi connectivity index (χ2v) is 11.8. The summed E-state index contributed by atoms with van der Waals surface area (Å²) in [5, 5.41) is 8.91. The van der Waals surface area contributed by atoms with Crippen molar-refractivity contribution in [3.63, 3.8) is 0 Å². The van der Waals surface area contributed by atoms with Crippen molar-refractivity contribution in [1.82, 2.24) is 0 Å². The van der Waals surface area contributed by atoms with E-state index in [9.17, 15) is 9.59 Å². The molecule has 50 heavy (non-hydrogen) atoms. The first-order valence-corrected chi connectivity index (χ1v) is 19.3. The van der Waals surface area contributed by atoms with Crippen LogP contribution in [0.3, 0.4) is 0 Å². The van der Waals surface area contributed by atoms with Gasteiger partial charge in [0.2, 0.25) is 12.1 Å². The Labute approximate surface area is 302 Å². The first-order valence-electron chi connectivity index (χ1n) is 19.3. The molecule has 0 aromatic rings. The molecule has 3 unspecified atom stereocenters. The molecule has 0 rings (SSSR count). The zero-order chi connectivity index (χ0) is 37.7. The number of hydrogen-bond acceptors (Lipinski definition) is 12. The second kappa shape index (κ2) is 29.1. The molecular formula is C37H72O13. The third-order valence-electron chi connectivity index (χ3n) is 7.74. The van der Waals surface area contributed by atoms with E-state index in [2.05, 4.69) is 13.8 Å².